The van der Waals surface area contributed by atoms with Gasteiger partial charge in [0.05, 0.1) is 17.2 Å². The van der Waals surface area contributed by atoms with Crippen molar-refractivity contribution in [2.75, 3.05) is 19.6 Å². The highest BCUT2D eigenvalue weighted by atomic mass is 35.5. The largest absolute Gasteiger partial charge is 0.352 e. The summed E-state index contributed by atoms with van der Waals surface area (Å²) in [5.41, 5.74) is 2.85. The van der Waals surface area contributed by atoms with Gasteiger partial charge in [-0.05, 0) is 31.5 Å². The summed E-state index contributed by atoms with van der Waals surface area (Å²) >= 11 is 0. The molecule has 0 bridgehead atoms. The van der Waals surface area contributed by atoms with Gasteiger partial charge in [-0.15, -0.1) is 12.4 Å². The van der Waals surface area contributed by atoms with Gasteiger partial charge in [0.15, 0.2) is 0 Å². The standard InChI is InChI=1S/C18H22N4O2.ClH/c1-13-3-2-4-15-17(13)21-12-22(18(15)24)10-7-16(23)20-11-14-5-8-19-9-6-14;/h2-5,12,19H,6-11H2,1H3,(H,20,23);1H. The van der Waals surface area contributed by atoms with Gasteiger partial charge in [-0.3, -0.25) is 14.2 Å². The molecule has 0 atom stereocenters. The Hall–Kier alpha value is -2.18. The van der Waals surface area contributed by atoms with Crippen molar-refractivity contribution < 1.29 is 4.79 Å². The fourth-order valence-electron chi connectivity index (χ4n) is 2.85. The van der Waals surface area contributed by atoms with Gasteiger partial charge < -0.3 is 10.6 Å². The number of halogens is 1. The molecule has 25 heavy (non-hydrogen) atoms. The van der Waals surface area contributed by atoms with Crippen LogP contribution in [0.2, 0.25) is 0 Å². The number of carbonyl (C=O) groups is 1. The Morgan fingerprint density at radius 2 is 2.24 bits per heavy atom. The van der Waals surface area contributed by atoms with E-state index in [1.807, 2.05) is 19.1 Å². The Balaban J connectivity index is 0.00000225. The van der Waals surface area contributed by atoms with Gasteiger partial charge >= 0.3 is 0 Å². The van der Waals surface area contributed by atoms with E-state index in [0.29, 0.717) is 18.5 Å². The second-order valence-electron chi connectivity index (χ2n) is 6.06. The van der Waals surface area contributed by atoms with E-state index in [2.05, 4.69) is 21.7 Å². The SMILES string of the molecule is Cc1cccc2c(=O)n(CCC(=O)NCC3=CCNCC3)cnc12.Cl. The Kier molecular flexibility index (Phi) is 6.73. The third-order valence-corrected chi connectivity index (χ3v) is 4.31. The third-order valence-electron chi connectivity index (χ3n) is 4.31. The van der Waals surface area contributed by atoms with Crippen molar-refractivity contribution in [3.05, 3.63) is 52.1 Å². The molecule has 0 radical (unpaired) electrons. The molecule has 1 aromatic heterocycles. The number of rotatable bonds is 5. The topological polar surface area (TPSA) is 76.0 Å². The van der Waals surface area contributed by atoms with Crippen LogP contribution in [0.15, 0.2) is 41.0 Å². The maximum atomic E-state index is 12.5. The van der Waals surface area contributed by atoms with Gasteiger partial charge in [0.2, 0.25) is 5.91 Å². The van der Waals surface area contributed by atoms with Crippen molar-refractivity contribution in [3.63, 3.8) is 0 Å². The van der Waals surface area contributed by atoms with E-state index in [1.165, 1.54) is 16.5 Å². The lowest BCUT2D eigenvalue weighted by atomic mass is 10.1. The Morgan fingerprint density at radius 1 is 1.40 bits per heavy atom. The molecule has 1 aromatic carbocycles. The van der Waals surface area contributed by atoms with Gasteiger partial charge in [-0.2, -0.15) is 0 Å². The smallest absolute Gasteiger partial charge is 0.261 e. The molecule has 2 aromatic rings. The minimum absolute atomic E-state index is 0. The van der Waals surface area contributed by atoms with E-state index < -0.39 is 0 Å². The molecule has 0 fully saturated rings. The number of hydrogen-bond donors (Lipinski definition) is 2. The van der Waals surface area contributed by atoms with Gasteiger partial charge in [0, 0.05) is 26.1 Å². The number of fused-ring (bicyclic) bond motifs is 1. The van der Waals surface area contributed by atoms with Crippen LogP contribution in [-0.4, -0.2) is 35.1 Å². The first kappa shape index (κ1) is 19.1. The van der Waals surface area contributed by atoms with Gasteiger partial charge in [-0.25, -0.2) is 4.98 Å². The third kappa shape index (κ3) is 4.67. The van der Waals surface area contributed by atoms with Gasteiger partial charge in [0.1, 0.15) is 0 Å². The van der Waals surface area contributed by atoms with Crippen molar-refractivity contribution >= 4 is 29.2 Å². The molecular formula is C18H23ClN4O2. The molecule has 6 nitrogen and oxygen atoms in total. The maximum absolute atomic E-state index is 12.5. The zero-order valence-corrected chi connectivity index (χ0v) is 15.1. The number of carbonyl (C=O) groups excluding carboxylic acids is 1. The quantitative estimate of drug-likeness (QED) is 0.791. The fraction of sp³-hybridized carbons (Fsp3) is 0.389. The normalized spacial score (nSPS) is 13.9. The van der Waals surface area contributed by atoms with Crippen molar-refractivity contribution in [1.29, 1.82) is 0 Å². The van der Waals surface area contributed by atoms with Crippen LogP contribution in [-0.2, 0) is 11.3 Å². The highest BCUT2D eigenvalue weighted by Crippen LogP contribution is 2.11. The molecule has 1 aliphatic rings. The molecule has 2 N–H and O–H groups in total. The zero-order valence-electron chi connectivity index (χ0n) is 14.2. The number of benzene rings is 1. The van der Waals surface area contributed by atoms with E-state index in [9.17, 15) is 9.59 Å². The number of aromatic nitrogens is 2. The summed E-state index contributed by atoms with van der Waals surface area (Å²) in [6, 6.07) is 5.56. The van der Waals surface area contributed by atoms with Crippen LogP contribution in [0.5, 0.6) is 0 Å². The van der Waals surface area contributed by atoms with Gasteiger partial charge in [-0.1, -0.05) is 23.8 Å². The van der Waals surface area contributed by atoms with E-state index in [1.54, 1.807) is 6.07 Å². The van der Waals surface area contributed by atoms with Crippen LogP contribution in [0.3, 0.4) is 0 Å². The molecule has 0 saturated heterocycles. The van der Waals surface area contributed by atoms with Crippen molar-refractivity contribution in [3.8, 4) is 0 Å². The molecule has 2 heterocycles. The number of para-hydroxylation sites is 1. The van der Waals surface area contributed by atoms with Crippen LogP contribution in [0.25, 0.3) is 10.9 Å². The number of aryl methyl sites for hydroxylation is 2. The minimum Gasteiger partial charge on any atom is -0.352 e. The fourth-order valence-corrected chi connectivity index (χ4v) is 2.85. The Morgan fingerprint density at radius 3 is 3.00 bits per heavy atom. The first-order chi connectivity index (χ1) is 11.6. The molecule has 3 rings (SSSR count). The summed E-state index contributed by atoms with van der Waals surface area (Å²) in [6.07, 6.45) is 4.88. The van der Waals surface area contributed by atoms with Crippen LogP contribution >= 0.6 is 12.4 Å². The highest BCUT2D eigenvalue weighted by Gasteiger charge is 2.09. The summed E-state index contributed by atoms with van der Waals surface area (Å²) in [5, 5.41) is 6.75. The lowest BCUT2D eigenvalue weighted by Gasteiger charge is -2.14. The van der Waals surface area contributed by atoms with Crippen LogP contribution in [0.4, 0.5) is 0 Å². The Labute approximate surface area is 152 Å². The summed E-state index contributed by atoms with van der Waals surface area (Å²) in [5.74, 6) is -0.0503. The average molecular weight is 363 g/mol. The predicted octanol–water partition coefficient (Wildman–Crippen LogP) is 1.55. The maximum Gasteiger partial charge on any atom is 0.261 e. The van der Waals surface area contributed by atoms with E-state index >= 15 is 0 Å². The molecule has 1 aliphatic heterocycles. The van der Waals surface area contributed by atoms with Crippen LogP contribution in [0, 0.1) is 6.92 Å². The Bertz CT molecular complexity index is 845. The molecule has 0 spiro atoms. The predicted molar refractivity (Wildman–Crippen MR) is 101 cm³/mol. The summed E-state index contributed by atoms with van der Waals surface area (Å²) in [7, 11) is 0. The molecule has 1 amide bonds. The van der Waals surface area contributed by atoms with E-state index in [4.69, 9.17) is 0 Å². The van der Waals surface area contributed by atoms with E-state index in [0.717, 1.165) is 30.6 Å². The highest BCUT2D eigenvalue weighted by molar-refractivity contribution is 5.85. The summed E-state index contributed by atoms with van der Waals surface area (Å²) in [6.45, 7) is 4.68. The molecule has 0 unspecified atom stereocenters. The minimum atomic E-state index is -0.0995. The lowest BCUT2D eigenvalue weighted by molar-refractivity contribution is -0.121. The molecule has 134 valence electrons. The second kappa shape index (κ2) is 8.78. The number of nitrogens with zero attached hydrogens (tertiary/aromatic N) is 2. The average Bonchev–Trinajstić information content (AvgIpc) is 2.61. The van der Waals surface area contributed by atoms with Crippen LogP contribution in [0.1, 0.15) is 18.4 Å². The van der Waals surface area contributed by atoms with Crippen LogP contribution < -0.4 is 16.2 Å². The summed E-state index contributed by atoms with van der Waals surface area (Å²) in [4.78, 5) is 28.8. The second-order valence-corrected chi connectivity index (χ2v) is 6.06. The molecule has 0 aliphatic carbocycles. The summed E-state index contributed by atoms with van der Waals surface area (Å²) < 4.78 is 1.51. The lowest BCUT2D eigenvalue weighted by Crippen LogP contribution is -2.31. The first-order valence-electron chi connectivity index (χ1n) is 8.25. The molecule has 7 heteroatoms. The van der Waals surface area contributed by atoms with Gasteiger partial charge in [0.25, 0.3) is 5.56 Å². The number of amides is 1. The van der Waals surface area contributed by atoms with Crippen molar-refractivity contribution in [2.45, 2.75) is 26.3 Å². The first-order valence-corrected chi connectivity index (χ1v) is 8.25. The number of hydrogen-bond acceptors (Lipinski definition) is 4. The van der Waals surface area contributed by atoms with Crippen molar-refractivity contribution in [1.82, 2.24) is 20.2 Å². The molecule has 0 saturated carbocycles. The molecular weight excluding hydrogens is 340 g/mol. The van der Waals surface area contributed by atoms with E-state index in [-0.39, 0.29) is 30.3 Å². The van der Waals surface area contributed by atoms with Crippen molar-refractivity contribution in [2.24, 2.45) is 0 Å². The zero-order chi connectivity index (χ0) is 16.9. The number of nitrogens with one attached hydrogen (secondary N) is 2. The monoisotopic (exact) mass is 362 g/mol.